The first kappa shape index (κ1) is 16.2. The maximum Gasteiger partial charge on any atom is 0.119 e. The van der Waals surface area contributed by atoms with Crippen molar-refractivity contribution in [2.24, 2.45) is 17.6 Å². The van der Waals surface area contributed by atoms with E-state index in [1.165, 1.54) is 19.3 Å². The lowest BCUT2D eigenvalue weighted by molar-refractivity contribution is -0.0107. The molecule has 21 heavy (non-hydrogen) atoms. The summed E-state index contributed by atoms with van der Waals surface area (Å²) in [5.74, 6) is 2.36. The minimum Gasteiger partial charge on any atom is -0.491 e. The Morgan fingerprint density at radius 1 is 1.10 bits per heavy atom. The fourth-order valence-electron chi connectivity index (χ4n) is 3.10. The van der Waals surface area contributed by atoms with E-state index in [0.29, 0.717) is 24.3 Å². The standard InChI is InChI=1S/C17H25NO2S/c1-12-9-13(2)11-16(10-12)20-8-7-19-15-5-3-14(4-6-15)17(18)21/h3-6,12-13,16H,7-11H2,1-2H3,(H2,18,21). The molecule has 1 fully saturated rings. The molecular weight excluding hydrogens is 282 g/mol. The highest BCUT2D eigenvalue weighted by Crippen LogP contribution is 2.30. The first-order chi connectivity index (χ1) is 10.0. The van der Waals surface area contributed by atoms with E-state index in [-0.39, 0.29) is 0 Å². The molecule has 0 radical (unpaired) electrons. The zero-order chi connectivity index (χ0) is 15.2. The van der Waals surface area contributed by atoms with Crippen LogP contribution >= 0.6 is 12.2 Å². The van der Waals surface area contributed by atoms with Crippen LogP contribution in [0.3, 0.4) is 0 Å². The van der Waals surface area contributed by atoms with Crippen LogP contribution in [0, 0.1) is 11.8 Å². The van der Waals surface area contributed by atoms with Crippen molar-refractivity contribution in [3.8, 4) is 5.75 Å². The van der Waals surface area contributed by atoms with Crippen LogP contribution in [0.4, 0.5) is 0 Å². The first-order valence-corrected chi connectivity index (χ1v) is 8.09. The molecule has 2 N–H and O–H groups in total. The molecule has 0 heterocycles. The van der Waals surface area contributed by atoms with E-state index in [1.54, 1.807) is 0 Å². The van der Waals surface area contributed by atoms with Gasteiger partial charge in [-0.25, -0.2) is 0 Å². The van der Waals surface area contributed by atoms with Gasteiger partial charge in [-0.15, -0.1) is 0 Å². The lowest BCUT2D eigenvalue weighted by Crippen LogP contribution is -2.27. The second-order valence-electron chi connectivity index (χ2n) is 6.15. The Balaban J connectivity index is 1.68. The lowest BCUT2D eigenvalue weighted by Gasteiger charge is -2.31. The smallest absolute Gasteiger partial charge is 0.119 e. The Bertz CT molecular complexity index is 450. The van der Waals surface area contributed by atoms with Crippen molar-refractivity contribution in [2.75, 3.05) is 13.2 Å². The summed E-state index contributed by atoms with van der Waals surface area (Å²) in [6.07, 6.45) is 4.07. The molecule has 0 aliphatic heterocycles. The molecule has 2 rings (SSSR count). The second-order valence-corrected chi connectivity index (χ2v) is 6.59. The summed E-state index contributed by atoms with van der Waals surface area (Å²) in [6, 6.07) is 7.53. The van der Waals surface area contributed by atoms with Crippen molar-refractivity contribution < 1.29 is 9.47 Å². The van der Waals surface area contributed by atoms with Crippen LogP contribution < -0.4 is 10.5 Å². The molecule has 1 aromatic rings. The van der Waals surface area contributed by atoms with Crippen LogP contribution in [0.5, 0.6) is 5.75 Å². The number of rotatable bonds is 6. The highest BCUT2D eigenvalue weighted by atomic mass is 32.1. The Morgan fingerprint density at radius 2 is 1.71 bits per heavy atom. The summed E-state index contributed by atoms with van der Waals surface area (Å²) in [7, 11) is 0. The summed E-state index contributed by atoms with van der Waals surface area (Å²) >= 11 is 4.92. The Hall–Kier alpha value is -1.13. The largest absolute Gasteiger partial charge is 0.491 e. The lowest BCUT2D eigenvalue weighted by atomic mass is 9.82. The quantitative estimate of drug-likeness (QED) is 0.645. The third-order valence-corrected chi connectivity index (χ3v) is 4.22. The topological polar surface area (TPSA) is 44.5 Å². The molecule has 1 aliphatic rings. The highest BCUT2D eigenvalue weighted by molar-refractivity contribution is 7.80. The van der Waals surface area contributed by atoms with E-state index in [9.17, 15) is 0 Å². The summed E-state index contributed by atoms with van der Waals surface area (Å²) < 4.78 is 11.6. The van der Waals surface area contributed by atoms with Crippen molar-refractivity contribution in [2.45, 2.75) is 39.2 Å². The molecule has 2 unspecified atom stereocenters. The van der Waals surface area contributed by atoms with E-state index in [0.717, 1.165) is 23.1 Å². The molecule has 0 amide bonds. The average Bonchev–Trinajstić information content (AvgIpc) is 2.43. The maximum atomic E-state index is 5.94. The summed E-state index contributed by atoms with van der Waals surface area (Å²) in [4.78, 5) is 0.408. The van der Waals surface area contributed by atoms with Gasteiger partial charge in [-0.1, -0.05) is 26.1 Å². The molecule has 116 valence electrons. The molecule has 0 aromatic heterocycles. The number of ether oxygens (including phenoxy) is 2. The fourth-order valence-corrected chi connectivity index (χ4v) is 3.24. The normalized spacial score (nSPS) is 25.5. The Morgan fingerprint density at radius 3 is 2.29 bits per heavy atom. The van der Waals surface area contributed by atoms with Gasteiger partial charge >= 0.3 is 0 Å². The van der Waals surface area contributed by atoms with Crippen LogP contribution in [0.1, 0.15) is 38.7 Å². The van der Waals surface area contributed by atoms with Gasteiger partial charge in [0.15, 0.2) is 0 Å². The van der Waals surface area contributed by atoms with E-state index in [2.05, 4.69) is 13.8 Å². The van der Waals surface area contributed by atoms with Crippen LogP contribution in [0.25, 0.3) is 0 Å². The molecule has 1 saturated carbocycles. The Kier molecular flexibility index (Phi) is 6.00. The third-order valence-electron chi connectivity index (χ3n) is 3.98. The summed E-state index contributed by atoms with van der Waals surface area (Å²) in [6.45, 7) is 5.84. The first-order valence-electron chi connectivity index (χ1n) is 7.69. The molecule has 0 saturated heterocycles. The maximum absolute atomic E-state index is 5.94. The predicted molar refractivity (Wildman–Crippen MR) is 89.7 cm³/mol. The van der Waals surface area contributed by atoms with Gasteiger partial charge in [0, 0.05) is 5.56 Å². The predicted octanol–water partition coefficient (Wildman–Crippen LogP) is 3.54. The average molecular weight is 307 g/mol. The van der Waals surface area contributed by atoms with E-state index < -0.39 is 0 Å². The van der Waals surface area contributed by atoms with Crippen LogP contribution in [0.15, 0.2) is 24.3 Å². The minimum absolute atomic E-state index is 0.393. The highest BCUT2D eigenvalue weighted by Gasteiger charge is 2.24. The monoisotopic (exact) mass is 307 g/mol. The number of nitrogens with two attached hydrogens (primary N) is 1. The van der Waals surface area contributed by atoms with E-state index in [1.807, 2.05) is 24.3 Å². The number of hydrogen-bond donors (Lipinski definition) is 1. The van der Waals surface area contributed by atoms with Gasteiger partial charge in [0.2, 0.25) is 0 Å². The van der Waals surface area contributed by atoms with Gasteiger partial charge < -0.3 is 15.2 Å². The van der Waals surface area contributed by atoms with Crippen LogP contribution in [-0.4, -0.2) is 24.3 Å². The van der Waals surface area contributed by atoms with Gasteiger partial charge in [-0.3, -0.25) is 0 Å². The van der Waals surface area contributed by atoms with Crippen molar-refractivity contribution in [3.05, 3.63) is 29.8 Å². The molecule has 0 bridgehead atoms. The van der Waals surface area contributed by atoms with Crippen molar-refractivity contribution in [1.82, 2.24) is 0 Å². The van der Waals surface area contributed by atoms with Gasteiger partial charge in [0.25, 0.3) is 0 Å². The molecule has 4 heteroatoms. The van der Waals surface area contributed by atoms with E-state index in [4.69, 9.17) is 27.4 Å². The SMILES string of the molecule is CC1CC(C)CC(OCCOc2ccc(C(N)=S)cc2)C1. The third kappa shape index (κ3) is 5.29. The molecule has 0 spiro atoms. The molecule has 3 nitrogen and oxygen atoms in total. The molecule has 2 atom stereocenters. The molecule has 1 aliphatic carbocycles. The van der Waals surface area contributed by atoms with Crippen molar-refractivity contribution >= 4 is 17.2 Å². The number of benzene rings is 1. The van der Waals surface area contributed by atoms with Gasteiger partial charge in [-0.05, 0) is 55.4 Å². The van der Waals surface area contributed by atoms with E-state index >= 15 is 0 Å². The van der Waals surface area contributed by atoms with Gasteiger partial charge in [0.1, 0.15) is 17.3 Å². The van der Waals surface area contributed by atoms with Crippen LogP contribution in [0.2, 0.25) is 0 Å². The molecule has 1 aromatic carbocycles. The van der Waals surface area contributed by atoms with Crippen molar-refractivity contribution in [3.63, 3.8) is 0 Å². The van der Waals surface area contributed by atoms with Crippen LogP contribution in [-0.2, 0) is 4.74 Å². The van der Waals surface area contributed by atoms with Gasteiger partial charge in [-0.2, -0.15) is 0 Å². The molecular formula is C17H25NO2S. The second kappa shape index (κ2) is 7.76. The summed E-state index contributed by atoms with van der Waals surface area (Å²) in [5, 5.41) is 0. The van der Waals surface area contributed by atoms with Crippen molar-refractivity contribution in [1.29, 1.82) is 0 Å². The fraction of sp³-hybridized carbons (Fsp3) is 0.588. The zero-order valence-electron chi connectivity index (χ0n) is 12.9. The Labute approximate surface area is 132 Å². The van der Waals surface area contributed by atoms with Gasteiger partial charge in [0.05, 0.1) is 12.7 Å². The minimum atomic E-state index is 0.393. The number of thiocarbonyl (C=S) groups is 1. The number of hydrogen-bond acceptors (Lipinski definition) is 3. The zero-order valence-corrected chi connectivity index (χ0v) is 13.7. The summed E-state index contributed by atoms with van der Waals surface area (Å²) in [5.41, 5.74) is 6.42.